The van der Waals surface area contributed by atoms with Gasteiger partial charge in [0.05, 0.1) is 6.54 Å². The van der Waals surface area contributed by atoms with E-state index in [1.54, 1.807) is 6.20 Å². The van der Waals surface area contributed by atoms with Gasteiger partial charge in [-0.3, -0.25) is 4.90 Å². The van der Waals surface area contributed by atoms with Gasteiger partial charge >= 0.3 is 0 Å². The van der Waals surface area contributed by atoms with Crippen LogP contribution in [0.4, 0.5) is 11.8 Å². The fourth-order valence-electron chi connectivity index (χ4n) is 2.93. The minimum absolute atomic E-state index is 0.289. The van der Waals surface area contributed by atoms with Gasteiger partial charge in [0.2, 0.25) is 11.8 Å². The largest absolute Gasteiger partial charge is 0.366 e. The number of hydrogen-bond acceptors (Lipinski definition) is 8. The van der Waals surface area contributed by atoms with Crippen LogP contribution in [0, 0.1) is 0 Å². The van der Waals surface area contributed by atoms with Gasteiger partial charge in [-0.2, -0.15) is 9.97 Å². The zero-order valence-corrected chi connectivity index (χ0v) is 15.4. The smallest absolute Gasteiger partial charge is 0.240 e. The van der Waals surface area contributed by atoms with Crippen LogP contribution in [-0.4, -0.2) is 58.2 Å². The van der Waals surface area contributed by atoms with Crippen LogP contribution < -0.4 is 10.2 Å². The second-order valence-electron chi connectivity index (χ2n) is 7.06. The van der Waals surface area contributed by atoms with Gasteiger partial charge in [0, 0.05) is 38.8 Å². The molecule has 1 N–H and O–H groups in total. The van der Waals surface area contributed by atoms with Crippen LogP contribution in [-0.2, 0) is 6.54 Å². The summed E-state index contributed by atoms with van der Waals surface area (Å²) in [6.45, 7) is 6.81. The lowest BCUT2D eigenvalue weighted by atomic mass is 10.1. The normalized spacial score (nSPS) is 18.5. The van der Waals surface area contributed by atoms with E-state index in [1.807, 2.05) is 25.1 Å². The molecule has 25 heavy (non-hydrogen) atoms. The molecule has 1 aliphatic heterocycles. The zero-order valence-electron chi connectivity index (χ0n) is 15.4. The summed E-state index contributed by atoms with van der Waals surface area (Å²) in [5.74, 6) is 3.34. The van der Waals surface area contributed by atoms with Gasteiger partial charge in [-0.05, 0) is 25.5 Å². The van der Waals surface area contributed by atoms with Crippen molar-refractivity contribution >= 4 is 11.8 Å². The highest BCUT2D eigenvalue weighted by molar-refractivity contribution is 5.41. The Morgan fingerprint density at radius 3 is 2.92 bits per heavy atom. The molecule has 3 rings (SSSR count). The first-order chi connectivity index (χ1) is 12.0. The van der Waals surface area contributed by atoms with Crippen molar-refractivity contribution < 1.29 is 4.52 Å². The minimum atomic E-state index is 0.289. The Bertz CT molecular complexity index is 685. The summed E-state index contributed by atoms with van der Waals surface area (Å²) in [7, 11) is 3.88. The van der Waals surface area contributed by atoms with Crippen molar-refractivity contribution in [1.29, 1.82) is 0 Å². The molecule has 136 valence electrons. The van der Waals surface area contributed by atoms with E-state index in [4.69, 9.17) is 4.52 Å². The number of piperidine rings is 1. The first-order valence-corrected chi connectivity index (χ1v) is 8.83. The van der Waals surface area contributed by atoms with E-state index >= 15 is 0 Å². The van der Waals surface area contributed by atoms with Crippen LogP contribution >= 0.6 is 0 Å². The van der Waals surface area contributed by atoms with Gasteiger partial charge in [0.1, 0.15) is 5.82 Å². The highest BCUT2D eigenvalue weighted by Crippen LogP contribution is 2.18. The molecule has 0 bridgehead atoms. The molecule has 1 fully saturated rings. The van der Waals surface area contributed by atoms with Crippen LogP contribution in [0.5, 0.6) is 0 Å². The quantitative estimate of drug-likeness (QED) is 0.852. The van der Waals surface area contributed by atoms with E-state index in [0.717, 1.165) is 37.6 Å². The first-order valence-electron chi connectivity index (χ1n) is 8.83. The molecule has 1 saturated heterocycles. The van der Waals surface area contributed by atoms with Crippen LogP contribution in [0.15, 0.2) is 16.8 Å². The number of nitrogens with zero attached hydrogens (tertiary/aromatic N) is 6. The number of anilines is 2. The topological polar surface area (TPSA) is 83.2 Å². The third-order valence-electron chi connectivity index (χ3n) is 4.26. The maximum absolute atomic E-state index is 5.37. The van der Waals surface area contributed by atoms with Crippen molar-refractivity contribution in [2.24, 2.45) is 0 Å². The van der Waals surface area contributed by atoms with Crippen LogP contribution in [0.3, 0.4) is 0 Å². The van der Waals surface area contributed by atoms with Gasteiger partial charge in [0.25, 0.3) is 0 Å². The van der Waals surface area contributed by atoms with E-state index in [9.17, 15) is 0 Å². The number of likely N-dealkylation sites (tertiary alicyclic amines) is 1. The fourth-order valence-corrected chi connectivity index (χ4v) is 2.93. The van der Waals surface area contributed by atoms with Crippen molar-refractivity contribution in [2.45, 2.75) is 45.2 Å². The maximum atomic E-state index is 5.37. The maximum Gasteiger partial charge on any atom is 0.240 e. The molecule has 0 aliphatic carbocycles. The molecule has 1 aliphatic rings. The van der Waals surface area contributed by atoms with Crippen LogP contribution in [0.25, 0.3) is 0 Å². The lowest BCUT2D eigenvalue weighted by Gasteiger charge is -2.32. The monoisotopic (exact) mass is 345 g/mol. The summed E-state index contributed by atoms with van der Waals surface area (Å²) in [4.78, 5) is 17.5. The third kappa shape index (κ3) is 4.66. The molecule has 0 amide bonds. The van der Waals surface area contributed by atoms with E-state index in [1.165, 1.54) is 0 Å². The van der Waals surface area contributed by atoms with Crippen molar-refractivity contribution in [2.75, 3.05) is 37.4 Å². The van der Waals surface area contributed by atoms with Gasteiger partial charge in [-0.25, -0.2) is 4.98 Å². The summed E-state index contributed by atoms with van der Waals surface area (Å²) >= 11 is 0. The average molecular weight is 345 g/mol. The van der Waals surface area contributed by atoms with Gasteiger partial charge < -0.3 is 14.7 Å². The molecule has 0 saturated carbocycles. The molecule has 0 radical (unpaired) electrons. The van der Waals surface area contributed by atoms with Gasteiger partial charge in [-0.15, -0.1) is 0 Å². The van der Waals surface area contributed by atoms with Crippen LogP contribution in [0.2, 0.25) is 0 Å². The molecule has 2 aromatic rings. The lowest BCUT2D eigenvalue weighted by Crippen LogP contribution is -2.41. The summed E-state index contributed by atoms with van der Waals surface area (Å²) in [6, 6.07) is 2.27. The second kappa shape index (κ2) is 7.77. The van der Waals surface area contributed by atoms with E-state index in [2.05, 4.69) is 44.2 Å². The molecular weight excluding hydrogens is 318 g/mol. The zero-order chi connectivity index (χ0) is 17.8. The Morgan fingerprint density at radius 2 is 2.20 bits per heavy atom. The number of aromatic nitrogens is 4. The average Bonchev–Trinajstić information content (AvgIpc) is 3.04. The molecule has 1 unspecified atom stereocenters. The predicted octanol–water partition coefficient (Wildman–Crippen LogP) is 2.13. The highest BCUT2D eigenvalue weighted by atomic mass is 16.5. The van der Waals surface area contributed by atoms with Crippen molar-refractivity contribution in [1.82, 2.24) is 25.0 Å². The van der Waals surface area contributed by atoms with E-state index < -0.39 is 0 Å². The minimum Gasteiger partial charge on any atom is -0.366 e. The summed E-state index contributed by atoms with van der Waals surface area (Å²) in [5.41, 5.74) is 0. The Kier molecular flexibility index (Phi) is 5.47. The van der Waals surface area contributed by atoms with Crippen molar-refractivity contribution in [3.8, 4) is 0 Å². The standard InChI is InChI=1S/C17H27N7O/c1-12(2)16-21-15(25-22-16)11-24-9-5-6-13(10-24)19-14-7-8-18-17(20-14)23(3)4/h7-8,12-13H,5-6,9-11H2,1-4H3,(H,18,19,20). The summed E-state index contributed by atoms with van der Waals surface area (Å²) in [5, 5.41) is 7.57. The molecule has 0 spiro atoms. The Hall–Kier alpha value is -2.22. The molecule has 3 heterocycles. The first kappa shape index (κ1) is 17.6. The lowest BCUT2D eigenvalue weighted by molar-refractivity contribution is 0.183. The molecule has 8 heteroatoms. The summed E-state index contributed by atoms with van der Waals surface area (Å²) in [6.07, 6.45) is 4.05. The number of rotatable bonds is 6. The van der Waals surface area contributed by atoms with Crippen molar-refractivity contribution in [3.05, 3.63) is 24.0 Å². The van der Waals surface area contributed by atoms with E-state index in [0.29, 0.717) is 24.4 Å². The highest BCUT2D eigenvalue weighted by Gasteiger charge is 2.22. The molecular formula is C17H27N7O. The Balaban J connectivity index is 1.58. The van der Waals surface area contributed by atoms with Gasteiger partial charge in [0.15, 0.2) is 5.82 Å². The number of hydrogen-bond donors (Lipinski definition) is 1. The van der Waals surface area contributed by atoms with Crippen LogP contribution in [0.1, 0.15) is 44.3 Å². The molecule has 2 aromatic heterocycles. The Labute approximate surface area is 148 Å². The second-order valence-corrected chi connectivity index (χ2v) is 7.06. The van der Waals surface area contributed by atoms with E-state index in [-0.39, 0.29) is 5.92 Å². The fraction of sp³-hybridized carbons (Fsp3) is 0.647. The summed E-state index contributed by atoms with van der Waals surface area (Å²) < 4.78 is 5.37. The Morgan fingerprint density at radius 1 is 1.36 bits per heavy atom. The third-order valence-corrected chi connectivity index (χ3v) is 4.26. The molecule has 0 aromatic carbocycles. The van der Waals surface area contributed by atoms with Gasteiger partial charge in [-0.1, -0.05) is 19.0 Å². The number of nitrogens with one attached hydrogen (secondary N) is 1. The molecule has 1 atom stereocenters. The molecule has 8 nitrogen and oxygen atoms in total. The SMILES string of the molecule is CC(C)c1noc(CN2CCCC(Nc3ccnc(N(C)C)n3)C2)n1. The van der Waals surface area contributed by atoms with Crippen molar-refractivity contribution in [3.63, 3.8) is 0 Å². The predicted molar refractivity (Wildman–Crippen MR) is 96.7 cm³/mol.